The van der Waals surface area contributed by atoms with E-state index >= 15 is 0 Å². The number of para-hydroxylation sites is 1. The van der Waals surface area contributed by atoms with Gasteiger partial charge in [-0.2, -0.15) is 9.97 Å². The maximum Gasteiger partial charge on any atom is 0.226 e. The standard InChI is InChI=1S/C30H37N7O/c1-38-26-9-5-4-8-25(26)23-12-10-21(11-13-23)18-32-28-27-29(37(20-34-27)24-6-2-3-7-24)36-30(35-28)33-19-22-14-16-31-17-15-22/h4-5,8-13,20,22,24,31H,2-3,6-7,14-19H2,1H3,(H2,32,33,35,36). The molecular weight excluding hydrogens is 474 g/mol. The van der Waals surface area contributed by atoms with Crippen LogP contribution in [0.1, 0.15) is 50.1 Å². The van der Waals surface area contributed by atoms with Gasteiger partial charge < -0.3 is 25.3 Å². The van der Waals surface area contributed by atoms with Gasteiger partial charge in [-0.05, 0) is 61.9 Å². The molecule has 2 aromatic heterocycles. The molecule has 6 rings (SSSR count). The number of fused-ring (bicyclic) bond motifs is 1. The van der Waals surface area contributed by atoms with Gasteiger partial charge in [0, 0.05) is 24.7 Å². The van der Waals surface area contributed by atoms with Gasteiger partial charge in [-0.25, -0.2) is 4.98 Å². The molecule has 2 aromatic carbocycles. The van der Waals surface area contributed by atoms with Gasteiger partial charge in [0.25, 0.3) is 0 Å². The largest absolute Gasteiger partial charge is 0.496 e. The van der Waals surface area contributed by atoms with Crippen molar-refractivity contribution in [3.8, 4) is 16.9 Å². The van der Waals surface area contributed by atoms with Crippen LogP contribution in [0.2, 0.25) is 0 Å². The van der Waals surface area contributed by atoms with Crippen LogP contribution in [0.15, 0.2) is 54.9 Å². The van der Waals surface area contributed by atoms with Crippen LogP contribution in [-0.4, -0.2) is 46.3 Å². The third kappa shape index (κ3) is 5.31. The smallest absolute Gasteiger partial charge is 0.226 e. The molecule has 1 saturated heterocycles. The predicted octanol–water partition coefficient (Wildman–Crippen LogP) is 5.64. The van der Waals surface area contributed by atoms with Crippen molar-refractivity contribution in [2.75, 3.05) is 37.4 Å². The number of hydrogen-bond acceptors (Lipinski definition) is 7. The molecule has 0 bridgehead atoms. The predicted molar refractivity (Wildman–Crippen MR) is 153 cm³/mol. The molecule has 2 fully saturated rings. The number of anilines is 2. The first-order chi connectivity index (χ1) is 18.8. The van der Waals surface area contributed by atoms with Crippen LogP contribution >= 0.6 is 0 Å². The highest BCUT2D eigenvalue weighted by Gasteiger charge is 2.22. The first-order valence-corrected chi connectivity index (χ1v) is 13.9. The molecule has 0 spiro atoms. The van der Waals surface area contributed by atoms with E-state index < -0.39 is 0 Å². The van der Waals surface area contributed by atoms with Crippen molar-refractivity contribution in [3.63, 3.8) is 0 Å². The van der Waals surface area contributed by atoms with E-state index in [0.717, 1.165) is 53.5 Å². The van der Waals surface area contributed by atoms with E-state index in [1.807, 2.05) is 24.5 Å². The molecular formula is C30H37N7O. The van der Waals surface area contributed by atoms with Crippen molar-refractivity contribution in [2.24, 2.45) is 5.92 Å². The summed E-state index contributed by atoms with van der Waals surface area (Å²) >= 11 is 0. The molecule has 198 valence electrons. The lowest BCUT2D eigenvalue weighted by Crippen LogP contribution is -2.31. The van der Waals surface area contributed by atoms with Gasteiger partial charge in [0.15, 0.2) is 17.0 Å². The molecule has 1 aliphatic carbocycles. The molecule has 38 heavy (non-hydrogen) atoms. The summed E-state index contributed by atoms with van der Waals surface area (Å²) in [5, 5.41) is 10.6. The van der Waals surface area contributed by atoms with E-state index in [9.17, 15) is 0 Å². The summed E-state index contributed by atoms with van der Waals surface area (Å²) in [4.78, 5) is 14.6. The number of ether oxygens (including phenoxy) is 1. The van der Waals surface area contributed by atoms with Crippen LogP contribution in [-0.2, 0) is 6.54 Å². The summed E-state index contributed by atoms with van der Waals surface area (Å²) in [7, 11) is 1.71. The lowest BCUT2D eigenvalue weighted by Gasteiger charge is -2.23. The van der Waals surface area contributed by atoms with Crippen molar-refractivity contribution in [1.82, 2.24) is 24.8 Å². The van der Waals surface area contributed by atoms with Crippen molar-refractivity contribution < 1.29 is 4.74 Å². The van der Waals surface area contributed by atoms with Gasteiger partial charge in [0.05, 0.1) is 13.4 Å². The first kappa shape index (κ1) is 24.7. The average Bonchev–Trinajstić information content (AvgIpc) is 3.66. The van der Waals surface area contributed by atoms with Gasteiger partial charge in [-0.3, -0.25) is 0 Å². The summed E-state index contributed by atoms with van der Waals surface area (Å²) in [6.45, 7) is 3.73. The Bertz CT molecular complexity index is 1360. The van der Waals surface area contributed by atoms with Gasteiger partial charge in [0.1, 0.15) is 5.75 Å². The Kier molecular flexibility index (Phi) is 7.40. The molecule has 8 heteroatoms. The lowest BCUT2D eigenvalue weighted by molar-refractivity contribution is 0.389. The number of rotatable bonds is 9. The zero-order chi connectivity index (χ0) is 25.7. The monoisotopic (exact) mass is 511 g/mol. The number of methoxy groups -OCH3 is 1. The molecule has 0 radical (unpaired) electrons. The number of benzene rings is 2. The fraction of sp³-hybridized carbons (Fsp3) is 0.433. The summed E-state index contributed by atoms with van der Waals surface area (Å²) in [5.41, 5.74) is 5.17. The zero-order valence-corrected chi connectivity index (χ0v) is 22.1. The third-order valence-electron chi connectivity index (χ3n) is 7.98. The summed E-state index contributed by atoms with van der Waals surface area (Å²) in [5.74, 6) is 3.00. The first-order valence-electron chi connectivity index (χ1n) is 13.9. The molecule has 2 aliphatic rings. The number of nitrogens with one attached hydrogen (secondary N) is 3. The van der Waals surface area contributed by atoms with Crippen LogP contribution in [0.4, 0.5) is 11.8 Å². The highest BCUT2D eigenvalue weighted by Crippen LogP contribution is 2.33. The van der Waals surface area contributed by atoms with Crippen LogP contribution in [0.5, 0.6) is 5.75 Å². The number of imidazole rings is 1. The second kappa shape index (κ2) is 11.4. The molecule has 3 N–H and O–H groups in total. The second-order valence-corrected chi connectivity index (χ2v) is 10.5. The Balaban J connectivity index is 1.23. The molecule has 0 unspecified atom stereocenters. The van der Waals surface area contributed by atoms with E-state index in [2.05, 4.69) is 50.8 Å². The zero-order valence-electron chi connectivity index (χ0n) is 22.1. The highest BCUT2D eigenvalue weighted by atomic mass is 16.5. The van der Waals surface area contributed by atoms with Crippen LogP contribution in [0.3, 0.4) is 0 Å². The van der Waals surface area contributed by atoms with Gasteiger partial charge in [-0.15, -0.1) is 0 Å². The number of aromatic nitrogens is 4. The molecule has 4 aromatic rings. The molecule has 3 heterocycles. The summed E-state index contributed by atoms with van der Waals surface area (Å²) in [6.07, 6.45) is 9.25. The van der Waals surface area contributed by atoms with E-state index in [-0.39, 0.29) is 0 Å². The van der Waals surface area contributed by atoms with Gasteiger partial charge in [0.2, 0.25) is 5.95 Å². The molecule has 1 saturated carbocycles. The lowest BCUT2D eigenvalue weighted by atomic mass is 9.98. The Morgan fingerprint density at radius 2 is 1.74 bits per heavy atom. The van der Waals surface area contributed by atoms with E-state index in [4.69, 9.17) is 19.7 Å². The van der Waals surface area contributed by atoms with E-state index in [0.29, 0.717) is 24.5 Å². The van der Waals surface area contributed by atoms with E-state index in [1.165, 1.54) is 44.1 Å². The van der Waals surface area contributed by atoms with E-state index in [1.54, 1.807) is 7.11 Å². The topological polar surface area (TPSA) is 88.9 Å². The third-order valence-corrected chi connectivity index (χ3v) is 7.98. The molecule has 8 nitrogen and oxygen atoms in total. The molecule has 1 aliphatic heterocycles. The minimum absolute atomic E-state index is 0.475. The Morgan fingerprint density at radius 1 is 0.947 bits per heavy atom. The van der Waals surface area contributed by atoms with Crippen molar-refractivity contribution in [1.29, 1.82) is 0 Å². The molecule has 0 atom stereocenters. The fourth-order valence-electron chi connectivity index (χ4n) is 5.76. The van der Waals surface area contributed by atoms with Crippen molar-refractivity contribution >= 4 is 22.9 Å². The maximum atomic E-state index is 5.54. The minimum atomic E-state index is 0.475. The number of hydrogen-bond donors (Lipinski definition) is 3. The van der Waals surface area contributed by atoms with Gasteiger partial charge >= 0.3 is 0 Å². The average molecular weight is 512 g/mol. The maximum absolute atomic E-state index is 5.54. The minimum Gasteiger partial charge on any atom is -0.496 e. The van der Waals surface area contributed by atoms with Gasteiger partial charge in [-0.1, -0.05) is 55.3 Å². The summed E-state index contributed by atoms with van der Waals surface area (Å²) in [6, 6.07) is 17.2. The Morgan fingerprint density at radius 3 is 2.53 bits per heavy atom. The van der Waals surface area contributed by atoms with Crippen LogP contribution in [0, 0.1) is 5.92 Å². The van der Waals surface area contributed by atoms with Crippen molar-refractivity contribution in [2.45, 2.75) is 51.1 Å². The second-order valence-electron chi connectivity index (χ2n) is 10.5. The van der Waals surface area contributed by atoms with Crippen LogP contribution < -0.4 is 20.7 Å². The Hall–Kier alpha value is -3.65. The highest BCUT2D eigenvalue weighted by molar-refractivity contribution is 5.84. The number of nitrogens with zero attached hydrogens (tertiary/aromatic N) is 4. The quantitative estimate of drug-likeness (QED) is 0.268. The number of piperidine rings is 1. The summed E-state index contributed by atoms with van der Waals surface area (Å²) < 4.78 is 7.81. The molecule has 0 amide bonds. The van der Waals surface area contributed by atoms with Crippen molar-refractivity contribution in [3.05, 3.63) is 60.4 Å². The Labute approximate surface area is 224 Å². The van der Waals surface area contributed by atoms with Crippen LogP contribution in [0.25, 0.3) is 22.3 Å². The SMILES string of the molecule is COc1ccccc1-c1ccc(CNc2nc(NCC3CCNCC3)nc3c2ncn3C2CCCC2)cc1. The normalized spacial score (nSPS) is 16.7. The fourth-order valence-corrected chi connectivity index (χ4v) is 5.76.